The van der Waals surface area contributed by atoms with Crippen LogP contribution in [0.5, 0.6) is 0 Å². The van der Waals surface area contributed by atoms with Gasteiger partial charge < -0.3 is 5.73 Å². The Morgan fingerprint density at radius 3 is 3.07 bits per heavy atom. The molecule has 0 saturated carbocycles. The molecule has 0 aliphatic carbocycles. The number of nitrogen functional groups attached to an aromatic ring is 1. The number of rotatable bonds is 3. The van der Waals surface area contributed by atoms with Gasteiger partial charge in [-0.1, -0.05) is 6.92 Å². The molecule has 0 atom stereocenters. The van der Waals surface area contributed by atoms with Crippen molar-refractivity contribution in [2.75, 3.05) is 5.73 Å². The van der Waals surface area contributed by atoms with Crippen molar-refractivity contribution >= 4 is 29.5 Å². The highest BCUT2D eigenvalue weighted by Crippen LogP contribution is 2.19. The Balaban J connectivity index is 2.33. The lowest BCUT2D eigenvalue weighted by molar-refractivity contribution is 0.797. The average Bonchev–Trinajstić information content (AvgIpc) is 2.79. The Morgan fingerprint density at radius 2 is 2.47 bits per heavy atom. The second-order valence-electron chi connectivity index (χ2n) is 3.20. The van der Waals surface area contributed by atoms with E-state index in [-0.39, 0.29) is 0 Å². The molecule has 2 aromatic heterocycles. The van der Waals surface area contributed by atoms with Crippen LogP contribution in [0.15, 0.2) is 11.4 Å². The van der Waals surface area contributed by atoms with Gasteiger partial charge in [-0.25, -0.2) is 5.10 Å². The van der Waals surface area contributed by atoms with Crippen molar-refractivity contribution < 1.29 is 0 Å². The van der Waals surface area contributed by atoms with E-state index in [2.05, 4.69) is 28.6 Å². The fraction of sp³-hybridized carbons (Fsp3) is 0.333. The summed E-state index contributed by atoms with van der Waals surface area (Å²) in [4.78, 5) is 1.29. The summed E-state index contributed by atoms with van der Waals surface area (Å²) >= 11 is 6.82. The summed E-state index contributed by atoms with van der Waals surface area (Å²) in [5.74, 6) is 0.440. The predicted octanol–water partition coefficient (Wildman–Crippen LogP) is 2.20. The fourth-order valence-corrected chi connectivity index (χ4v) is 2.61. The first kappa shape index (κ1) is 10.4. The summed E-state index contributed by atoms with van der Waals surface area (Å²) in [7, 11) is 0. The summed E-state index contributed by atoms with van der Waals surface area (Å²) < 4.78 is 2.38. The summed E-state index contributed by atoms with van der Waals surface area (Å²) in [5.41, 5.74) is 7.06. The molecule has 0 saturated heterocycles. The van der Waals surface area contributed by atoms with Crippen LogP contribution in [0.4, 0.5) is 5.95 Å². The first-order chi connectivity index (χ1) is 7.22. The zero-order valence-corrected chi connectivity index (χ0v) is 9.99. The van der Waals surface area contributed by atoms with Crippen LogP contribution in [0.1, 0.15) is 17.4 Å². The van der Waals surface area contributed by atoms with Gasteiger partial charge in [-0.15, -0.1) is 16.4 Å². The number of aromatic amines is 1. The molecule has 2 aromatic rings. The lowest BCUT2D eigenvalue weighted by Crippen LogP contribution is -2.04. The van der Waals surface area contributed by atoms with E-state index < -0.39 is 0 Å². The third kappa shape index (κ3) is 1.95. The summed E-state index contributed by atoms with van der Waals surface area (Å²) in [6.07, 6.45) is 1.03. The standard InChI is InChI=1S/C9H12N4S2/c1-2-6-3-4-15-7(6)5-13-8(10)11-12-9(13)14/h3-4H,2,5H2,1H3,(H2,10,11)(H,12,14). The zero-order valence-electron chi connectivity index (χ0n) is 8.36. The van der Waals surface area contributed by atoms with E-state index in [1.807, 2.05) is 0 Å². The molecule has 80 valence electrons. The Hall–Kier alpha value is -1.14. The molecule has 0 bridgehead atoms. The molecular weight excluding hydrogens is 228 g/mol. The molecule has 4 nitrogen and oxygen atoms in total. The molecule has 3 N–H and O–H groups in total. The Labute approximate surface area is 96.7 Å². The van der Waals surface area contributed by atoms with Gasteiger partial charge in [0.25, 0.3) is 0 Å². The number of anilines is 1. The minimum Gasteiger partial charge on any atom is -0.368 e. The van der Waals surface area contributed by atoms with Gasteiger partial charge in [0.05, 0.1) is 6.54 Å². The van der Waals surface area contributed by atoms with Gasteiger partial charge in [-0.2, -0.15) is 0 Å². The van der Waals surface area contributed by atoms with Crippen LogP contribution in [0, 0.1) is 4.77 Å². The molecule has 0 unspecified atom stereocenters. The molecular formula is C9H12N4S2. The highest BCUT2D eigenvalue weighted by Gasteiger charge is 2.07. The number of nitrogens with zero attached hydrogens (tertiary/aromatic N) is 2. The quantitative estimate of drug-likeness (QED) is 0.809. The third-order valence-electron chi connectivity index (χ3n) is 2.31. The second kappa shape index (κ2) is 4.16. The third-order valence-corrected chi connectivity index (χ3v) is 3.57. The van der Waals surface area contributed by atoms with Crippen LogP contribution in [0.25, 0.3) is 0 Å². The SMILES string of the molecule is CCc1ccsc1Cn1c(N)n[nH]c1=S. The van der Waals surface area contributed by atoms with Crippen LogP contribution in [-0.2, 0) is 13.0 Å². The van der Waals surface area contributed by atoms with Crippen molar-refractivity contribution in [2.45, 2.75) is 19.9 Å². The number of nitrogens with one attached hydrogen (secondary N) is 1. The predicted molar refractivity (Wildman–Crippen MR) is 64.6 cm³/mol. The van der Waals surface area contributed by atoms with Gasteiger partial charge in [-0.05, 0) is 35.6 Å². The van der Waals surface area contributed by atoms with Gasteiger partial charge in [0.15, 0.2) is 4.77 Å². The number of H-pyrrole nitrogens is 1. The number of hydrogen-bond donors (Lipinski definition) is 2. The van der Waals surface area contributed by atoms with Crippen LogP contribution in [0.3, 0.4) is 0 Å². The molecule has 2 rings (SSSR count). The molecule has 0 aliphatic rings. The van der Waals surface area contributed by atoms with E-state index in [1.54, 1.807) is 15.9 Å². The minimum absolute atomic E-state index is 0.440. The van der Waals surface area contributed by atoms with Gasteiger partial charge >= 0.3 is 0 Å². The van der Waals surface area contributed by atoms with Gasteiger partial charge in [0.2, 0.25) is 5.95 Å². The summed E-state index contributed by atoms with van der Waals surface area (Å²) in [6.45, 7) is 2.85. The van der Waals surface area contributed by atoms with E-state index in [0.29, 0.717) is 17.3 Å². The minimum atomic E-state index is 0.440. The molecule has 0 spiro atoms. The normalized spacial score (nSPS) is 10.7. The van der Waals surface area contributed by atoms with Crippen LogP contribution < -0.4 is 5.73 Å². The maximum Gasteiger partial charge on any atom is 0.220 e. The van der Waals surface area contributed by atoms with E-state index in [1.165, 1.54) is 10.4 Å². The molecule has 0 aliphatic heterocycles. The van der Waals surface area contributed by atoms with E-state index >= 15 is 0 Å². The number of thiophene rings is 1. The van der Waals surface area contributed by atoms with E-state index in [4.69, 9.17) is 18.0 Å². The maximum absolute atomic E-state index is 5.71. The molecule has 0 amide bonds. The lowest BCUT2D eigenvalue weighted by Gasteiger charge is -2.03. The van der Waals surface area contributed by atoms with E-state index in [9.17, 15) is 0 Å². The number of hydrogen-bond acceptors (Lipinski definition) is 4. The number of nitrogens with two attached hydrogens (primary N) is 1. The average molecular weight is 240 g/mol. The molecule has 0 radical (unpaired) electrons. The van der Waals surface area contributed by atoms with Gasteiger partial charge in [-0.3, -0.25) is 4.57 Å². The van der Waals surface area contributed by atoms with Gasteiger partial charge in [0.1, 0.15) is 0 Å². The van der Waals surface area contributed by atoms with Crippen molar-refractivity contribution in [3.8, 4) is 0 Å². The first-order valence-corrected chi connectivity index (χ1v) is 5.97. The van der Waals surface area contributed by atoms with Crippen molar-refractivity contribution in [3.63, 3.8) is 0 Å². The van der Waals surface area contributed by atoms with Crippen molar-refractivity contribution in [3.05, 3.63) is 26.7 Å². The lowest BCUT2D eigenvalue weighted by atomic mass is 10.2. The molecule has 0 fully saturated rings. The number of aryl methyl sites for hydroxylation is 1. The molecule has 6 heteroatoms. The summed E-state index contributed by atoms with van der Waals surface area (Å²) in [6, 6.07) is 2.14. The highest BCUT2D eigenvalue weighted by molar-refractivity contribution is 7.71. The largest absolute Gasteiger partial charge is 0.368 e. The van der Waals surface area contributed by atoms with E-state index in [0.717, 1.165) is 6.42 Å². The topological polar surface area (TPSA) is 59.6 Å². The maximum atomic E-state index is 5.71. The molecule has 15 heavy (non-hydrogen) atoms. The van der Waals surface area contributed by atoms with Crippen LogP contribution in [0.2, 0.25) is 0 Å². The Kier molecular flexibility index (Phi) is 2.88. The summed E-state index contributed by atoms with van der Waals surface area (Å²) in [5, 5.41) is 8.65. The monoisotopic (exact) mass is 240 g/mol. The van der Waals surface area contributed by atoms with Crippen molar-refractivity contribution in [1.82, 2.24) is 14.8 Å². The van der Waals surface area contributed by atoms with Gasteiger partial charge in [0, 0.05) is 4.88 Å². The fourth-order valence-electron chi connectivity index (χ4n) is 1.45. The van der Waals surface area contributed by atoms with Crippen molar-refractivity contribution in [1.29, 1.82) is 0 Å². The van der Waals surface area contributed by atoms with Crippen LogP contribution >= 0.6 is 23.6 Å². The van der Waals surface area contributed by atoms with Crippen molar-refractivity contribution in [2.24, 2.45) is 0 Å². The first-order valence-electron chi connectivity index (χ1n) is 4.68. The molecule has 0 aromatic carbocycles. The second-order valence-corrected chi connectivity index (χ2v) is 4.58. The highest BCUT2D eigenvalue weighted by atomic mass is 32.1. The van der Waals surface area contributed by atoms with Crippen LogP contribution in [-0.4, -0.2) is 14.8 Å². The Bertz CT molecular complexity index is 508. The number of aromatic nitrogens is 3. The smallest absolute Gasteiger partial charge is 0.220 e. The molecule has 2 heterocycles. The zero-order chi connectivity index (χ0) is 10.8. The Morgan fingerprint density at radius 1 is 1.67 bits per heavy atom.